The molecule has 37 heavy (non-hydrogen) atoms. The van der Waals surface area contributed by atoms with Gasteiger partial charge in [-0.05, 0) is 30.3 Å². The summed E-state index contributed by atoms with van der Waals surface area (Å²) in [5.41, 5.74) is 1.29. The van der Waals surface area contributed by atoms with E-state index in [2.05, 4.69) is 20.4 Å². The molecule has 0 aliphatic heterocycles. The maximum absolute atomic E-state index is 15.7. The third-order valence-corrected chi connectivity index (χ3v) is 5.92. The van der Waals surface area contributed by atoms with Gasteiger partial charge in [0.1, 0.15) is 18.4 Å². The molecular formula is C23H19FN6O6S. The average Bonchev–Trinajstić information content (AvgIpc) is 3.54. The van der Waals surface area contributed by atoms with Gasteiger partial charge in [0.25, 0.3) is 0 Å². The number of methoxy groups -OCH3 is 1. The van der Waals surface area contributed by atoms with Crippen LogP contribution in [0.2, 0.25) is 0 Å². The number of nitrogens with zero attached hydrogens (tertiary/aromatic N) is 4. The van der Waals surface area contributed by atoms with Crippen molar-refractivity contribution in [1.82, 2.24) is 19.7 Å². The zero-order valence-corrected chi connectivity index (χ0v) is 20.0. The molecule has 0 saturated heterocycles. The first-order valence-electron chi connectivity index (χ1n) is 10.6. The van der Waals surface area contributed by atoms with E-state index < -0.39 is 23.5 Å². The molecular weight excluding hydrogens is 507 g/mol. The van der Waals surface area contributed by atoms with Crippen molar-refractivity contribution in [3.05, 3.63) is 80.0 Å². The van der Waals surface area contributed by atoms with E-state index in [1.165, 1.54) is 24.8 Å². The second-order valence-corrected chi connectivity index (χ2v) is 8.26. The lowest BCUT2D eigenvalue weighted by Crippen LogP contribution is -2.18. The lowest BCUT2D eigenvalue weighted by molar-refractivity contribution is 0.0701. The van der Waals surface area contributed by atoms with E-state index >= 15 is 4.39 Å². The minimum atomic E-state index is -1.29. The van der Waals surface area contributed by atoms with E-state index in [4.69, 9.17) is 19.8 Å². The number of carboxylic acid groups (broad SMARTS) is 1. The highest BCUT2D eigenvalue weighted by Crippen LogP contribution is 2.35. The predicted octanol–water partition coefficient (Wildman–Crippen LogP) is 2.31. The van der Waals surface area contributed by atoms with Gasteiger partial charge in [0.15, 0.2) is 28.1 Å². The van der Waals surface area contributed by atoms with E-state index in [9.17, 15) is 14.7 Å². The van der Waals surface area contributed by atoms with Gasteiger partial charge in [0, 0.05) is 17.3 Å². The molecule has 0 amide bonds. The minimum Gasteiger partial charge on any atom is -0.497 e. The van der Waals surface area contributed by atoms with E-state index in [0.717, 1.165) is 16.0 Å². The van der Waals surface area contributed by atoms with Gasteiger partial charge in [-0.25, -0.2) is 19.0 Å². The molecule has 1 unspecified atom stereocenters. The summed E-state index contributed by atoms with van der Waals surface area (Å²) in [5, 5.41) is 34.9. The number of aliphatic hydroxyl groups excluding tert-OH is 1. The Kier molecular flexibility index (Phi) is 7.47. The second kappa shape index (κ2) is 10.9. The molecule has 1 atom stereocenters. The van der Waals surface area contributed by atoms with Crippen molar-refractivity contribution >= 4 is 23.0 Å². The Labute approximate surface area is 212 Å². The molecule has 0 spiro atoms. The van der Waals surface area contributed by atoms with Gasteiger partial charge < -0.3 is 25.0 Å². The summed E-state index contributed by atoms with van der Waals surface area (Å²) >= 11 is 0.819. The number of ether oxygens (including phenoxy) is 2. The molecule has 12 nitrogen and oxygen atoms in total. The van der Waals surface area contributed by atoms with Gasteiger partial charge in [-0.15, -0.1) is 16.4 Å². The zero-order valence-electron chi connectivity index (χ0n) is 19.1. The molecule has 0 aliphatic carbocycles. The van der Waals surface area contributed by atoms with Gasteiger partial charge >= 0.3 is 11.7 Å². The van der Waals surface area contributed by atoms with Crippen LogP contribution in [-0.2, 0) is 0 Å². The fourth-order valence-electron chi connectivity index (χ4n) is 3.43. The van der Waals surface area contributed by atoms with E-state index in [1.807, 2.05) is 6.07 Å². The molecule has 2 aromatic heterocycles. The highest BCUT2D eigenvalue weighted by Gasteiger charge is 2.28. The SMILES string of the molecule is COc1cc(OCCO)c(F)c(C(Nc2ccc(C#N)cc2)c2nn(-c3ncsc3C(=O)O)c(=O)[nH]2)c1. The Hall–Kier alpha value is -4.74. The molecule has 4 rings (SSSR count). The van der Waals surface area contributed by atoms with Crippen molar-refractivity contribution in [2.45, 2.75) is 6.04 Å². The standard InChI is InChI=1S/C23H19FN6O6S/c1-35-14-8-15(17(24)16(9-14)36-7-6-31)18(27-13-4-2-12(10-25)3-5-13)20-28-23(34)30(29-20)21-19(22(32)33)37-11-26-21/h2-5,8-9,11,18,27,31H,6-7H2,1H3,(H,32,33)(H,28,29,34). The highest BCUT2D eigenvalue weighted by atomic mass is 32.1. The number of carbonyl (C=O) groups is 1. The number of rotatable bonds is 10. The highest BCUT2D eigenvalue weighted by molar-refractivity contribution is 7.12. The number of aliphatic hydroxyl groups is 1. The molecule has 0 radical (unpaired) electrons. The van der Waals surface area contributed by atoms with Crippen LogP contribution in [0.4, 0.5) is 10.1 Å². The number of nitriles is 1. The molecule has 4 aromatic rings. The Bertz CT molecular complexity index is 1520. The van der Waals surface area contributed by atoms with Crippen LogP contribution in [0.1, 0.15) is 32.7 Å². The number of hydrogen-bond donors (Lipinski definition) is 4. The van der Waals surface area contributed by atoms with E-state index in [1.54, 1.807) is 24.3 Å². The number of benzene rings is 2. The van der Waals surface area contributed by atoms with Gasteiger partial charge in [0.05, 0.1) is 30.9 Å². The molecule has 4 N–H and O–H groups in total. The number of aromatic carboxylic acids is 1. The molecule has 0 saturated carbocycles. The number of thiazole rings is 1. The molecule has 0 aliphatic rings. The number of aromatic amines is 1. The number of halogens is 1. The van der Waals surface area contributed by atoms with Gasteiger partial charge in [-0.1, -0.05) is 0 Å². The summed E-state index contributed by atoms with van der Waals surface area (Å²) in [6.07, 6.45) is 0. The van der Waals surface area contributed by atoms with Crippen molar-refractivity contribution in [3.63, 3.8) is 0 Å². The number of H-pyrrole nitrogens is 1. The Balaban J connectivity index is 1.87. The van der Waals surface area contributed by atoms with Crippen LogP contribution >= 0.6 is 11.3 Å². The summed E-state index contributed by atoms with van der Waals surface area (Å²) in [6.45, 7) is -0.527. The van der Waals surface area contributed by atoms with Crippen LogP contribution in [0.3, 0.4) is 0 Å². The Morgan fingerprint density at radius 3 is 2.76 bits per heavy atom. The summed E-state index contributed by atoms with van der Waals surface area (Å²) < 4.78 is 27.0. The van der Waals surface area contributed by atoms with Crippen LogP contribution in [0.15, 0.2) is 46.7 Å². The molecule has 2 aromatic carbocycles. The molecule has 0 bridgehead atoms. The number of carboxylic acids is 1. The fourth-order valence-corrected chi connectivity index (χ4v) is 4.04. The smallest absolute Gasteiger partial charge is 0.349 e. The van der Waals surface area contributed by atoms with E-state index in [-0.39, 0.29) is 46.8 Å². The molecule has 2 heterocycles. The molecule has 0 fully saturated rings. The van der Waals surface area contributed by atoms with Crippen molar-refractivity contribution in [1.29, 1.82) is 5.26 Å². The average molecular weight is 527 g/mol. The topological polar surface area (TPSA) is 175 Å². The Morgan fingerprint density at radius 2 is 2.11 bits per heavy atom. The van der Waals surface area contributed by atoms with Gasteiger partial charge in [-0.2, -0.15) is 9.94 Å². The second-order valence-electron chi connectivity index (χ2n) is 7.40. The van der Waals surface area contributed by atoms with Crippen LogP contribution < -0.4 is 20.5 Å². The predicted molar refractivity (Wildman–Crippen MR) is 129 cm³/mol. The van der Waals surface area contributed by atoms with Crippen molar-refractivity contribution in [2.24, 2.45) is 0 Å². The van der Waals surface area contributed by atoms with Crippen LogP contribution in [0, 0.1) is 17.1 Å². The van der Waals surface area contributed by atoms with Crippen LogP contribution in [-0.4, -0.2) is 56.3 Å². The third-order valence-electron chi connectivity index (χ3n) is 5.11. The lowest BCUT2D eigenvalue weighted by Gasteiger charge is -2.21. The summed E-state index contributed by atoms with van der Waals surface area (Å²) in [4.78, 5) is 30.6. The number of hydrogen-bond acceptors (Lipinski definition) is 10. The third kappa shape index (κ3) is 5.27. The summed E-state index contributed by atoms with van der Waals surface area (Å²) in [5.74, 6) is -2.34. The van der Waals surface area contributed by atoms with Gasteiger partial charge in [-0.3, -0.25) is 4.98 Å². The van der Waals surface area contributed by atoms with Gasteiger partial charge in [0.2, 0.25) is 0 Å². The van der Waals surface area contributed by atoms with Crippen LogP contribution in [0.25, 0.3) is 5.82 Å². The maximum Gasteiger partial charge on any atom is 0.349 e. The monoisotopic (exact) mass is 526 g/mol. The first-order chi connectivity index (χ1) is 17.9. The van der Waals surface area contributed by atoms with Crippen molar-refractivity contribution < 1.29 is 28.9 Å². The van der Waals surface area contributed by atoms with Crippen molar-refractivity contribution in [2.75, 3.05) is 25.6 Å². The number of anilines is 1. The molecule has 190 valence electrons. The number of aromatic nitrogens is 4. The Morgan fingerprint density at radius 1 is 1.35 bits per heavy atom. The van der Waals surface area contributed by atoms with Crippen molar-refractivity contribution in [3.8, 4) is 23.4 Å². The van der Waals surface area contributed by atoms with E-state index in [0.29, 0.717) is 11.3 Å². The summed E-state index contributed by atoms with van der Waals surface area (Å²) in [6, 6.07) is 9.83. The largest absolute Gasteiger partial charge is 0.497 e. The fraction of sp³-hybridized carbons (Fsp3) is 0.174. The first-order valence-corrected chi connectivity index (χ1v) is 11.5. The quantitative estimate of drug-likeness (QED) is 0.240. The lowest BCUT2D eigenvalue weighted by atomic mass is 10.0. The summed E-state index contributed by atoms with van der Waals surface area (Å²) in [7, 11) is 1.38. The first kappa shape index (κ1) is 25.4. The maximum atomic E-state index is 15.7. The zero-order chi connectivity index (χ0) is 26.5. The van der Waals surface area contributed by atoms with Crippen LogP contribution in [0.5, 0.6) is 11.5 Å². The molecule has 14 heteroatoms. The number of nitrogens with one attached hydrogen (secondary N) is 2. The normalized spacial score (nSPS) is 11.5. The minimum absolute atomic E-state index is 0.0331.